The highest BCUT2D eigenvalue weighted by Gasteiger charge is 2.13. The molecule has 0 heterocycles. The molecule has 2 nitrogen and oxygen atoms in total. The zero-order chi connectivity index (χ0) is 14.2. The van der Waals surface area contributed by atoms with Crippen molar-refractivity contribution >= 4 is 33.6 Å². The van der Waals surface area contributed by atoms with Crippen molar-refractivity contribution in [3.05, 3.63) is 34.3 Å². The van der Waals surface area contributed by atoms with Crippen LogP contribution in [0.15, 0.2) is 28.7 Å². The second kappa shape index (κ2) is 8.73. The number of hydrogen-bond acceptors (Lipinski definition) is 2. The van der Waals surface area contributed by atoms with Gasteiger partial charge in [-0.1, -0.05) is 47.3 Å². The van der Waals surface area contributed by atoms with Crippen LogP contribution in [0, 0.1) is 0 Å². The molecule has 0 aromatic heterocycles. The Balaban J connectivity index is 1.60. The van der Waals surface area contributed by atoms with Crippen LogP contribution in [0.4, 0.5) is 0 Å². The van der Waals surface area contributed by atoms with Crippen LogP contribution >= 0.6 is 27.7 Å². The molecule has 0 aliphatic heterocycles. The second-order valence-electron chi connectivity index (χ2n) is 5.29. The normalized spacial score (nSPS) is 16.1. The van der Waals surface area contributed by atoms with E-state index >= 15 is 0 Å². The molecule has 110 valence electrons. The van der Waals surface area contributed by atoms with Gasteiger partial charge in [0, 0.05) is 22.0 Å². The van der Waals surface area contributed by atoms with Gasteiger partial charge in [-0.25, -0.2) is 0 Å². The molecule has 2 rings (SSSR count). The molecule has 1 amide bonds. The molecular formula is C16H22BrNOS. The Bertz CT molecular complexity index is 432. The zero-order valence-electron chi connectivity index (χ0n) is 11.7. The van der Waals surface area contributed by atoms with Gasteiger partial charge < -0.3 is 5.32 Å². The largest absolute Gasteiger partial charge is 0.355 e. The molecular weight excluding hydrogens is 334 g/mol. The van der Waals surface area contributed by atoms with Crippen LogP contribution < -0.4 is 5.32 Å². The molecule has 0 spiro atoms. The third-order valence-corrected chi connectivity index (χ3v) is 5.46. The van der Waals surface area contributed by atoms with E-state index in [1.54, 1.807) is 0 Å². The van der Waals surface area contributed by atoms with Crippen molar-refractivity contribution in [2.45, 2.75) is 43.8 Å². The van der Waals surface area contributed by atoms with E-state index in [1.807, 2.05) is 36.0 Å². The van der Waals surface area contributed by atoms with Gasteiger partial charge in [-0.05, 0) is 30.5 Å². The van der Waals surface area contributed by atoms with Crippen LogP contribution in [0.3, 0.4) is 0 Å². The first-order chi connectivity index (χ1) is 9.74. The quantitative estimate of drug-likeness (QED) is 0.775. The molecule has 0 bridgehead atoms. The molecule has 20 heavy (non-hydrogen) atoms. The molecule has 1 N–H and O–H groups in total. The average Bonchev–Trinajstić information content (AvgIpc) is 2.45. The van der Waals surface area contributed by atoms with Crippen molar-refractivity contribution in [3.63, 3.8) is 0 Å². The zero-order valence-corrected chi connectivity index (χ0v) is 14.1. The van der Waals surface area contributed by atoms with Gasteiger partial charge >= 0.3 is 0 Å². The molecule has 0 saturated heterocycles. The highest BCUT2D eigenvalue weighted by atomic mass is 79.9. The highest BCUT2D eigenvalue weighted by Crippen LogP contribution is 2.27. The molecule has 1 saturated carbocycles. The molecule has 1 aromatic rings. The lowest BCUT2D eigenvalue weighted by Crippen LogP contribution is -2.27. The highest BCUT2D eigenvalue weighted by molar-refractivity contribution is 9.10. The van der Waals surface area contributed by atoms with Gasteiger partial charge in [0.25, 0.3) is 0 Å². The van der Waals surface area contributed by atoms with E-state index in [4.69, 9.17) is 0 Å². The maximum Gasteiger partial charge on any atom is 0.224 e. The Morgan fingerprint density at radius 3 is 2.85 bits per heavy atom. The Labute approximate surface area is 134 Å². The fourth-order valence-corrected chi connectivity index (χ4v) is 4.21. The molecule has 0 atom stereocenters. The van der Waals surface area contributed by atoms with Gasteiger partial charge in [-0.2, -0.15) is 11.8 Å². The summed E-state index contributed by atoms with van der Waals surface area (Å²) in [6.45, 7) is 0.786. The summed E-state index contributed by atoms with van der Waals surface area (Å²) < 4.78 is 1.02. The fourth-order valence-electron chi connectivity index (χ4n) is 2.54. The van der Waals surface area contributed by atoms with Crippen LogP contribution in [-0.4, -0.2) is 23.5 Å². The number of thioether (sulfide) groups is 1. The summed E-state index contributed by atoms with van der Waals surface area (Å²) in [5.74, 6) is 1.15. The Kier molecular flexibility index (Phi) is 6.94. The first-order valence-corrected chi connectivity index (χ1v) is 9.21. The number of carbonyl (C=O) groups is 1. The molecule has 0 unspecified atom stereocenters. The maximum absolute atomic E-state index is 11.8. The smallest absolute Gasteiger partial charge is 0.224 e. The second-order valence-corrected chi connectivity index (χ2v) is 7.61. The predicted molar refractivity (Wildman–Crippen MR) is 90.2 cm³/mol. The summed E-state index contributed by atoms with van der Waals surface area (Å²) in [5.41, 5.74) is 1.05. The van der Waals surface area contributed by atoms with Gasteiger partial charge in [-0.15, -0.1) is 0 Å². The van der Waals surface area contributed by atoms with Crippen LogP contribution in [-0.2, 0) is 11.2 Å². The minimum atomic E-state index is 0.118. The number of rotatable bonds is 6. The van der Waals surface area contributed by atoms with E-state index in [0.29, 0.717) is 6.42 Å². The number of benzene rings is 1. The van der Waals surface area contributed by atoms with Crippen molar-refractivity contribution in [1.29, 1.82) is 0 Å². The molecule has 1 aliphatic carbocycles. The summed E-state index contributed by atoms with van der Waals surface area (Å²) in [5, 5.41) is 3.84. The number of hydrogen-bond donors (Lipinski definition) is 1. The SMILES string of the molecule is O=C(Cc1cccc(Br)c1)NCCSC1CCCCC1. The topological polar surface area (TPSA) is 29.1 Å². The fraction of sp³-hybridized carbons (Fsp3) is 0.562. The molecule has 1 fully saturated rings. The van der Waals surface area contributed by atoms with Crippen molar-refractivity contribution in [2.75, 3.05) is 12.3 Å². The lowest BCUT2D eigenvalue weighted by Gasteiger charge is -2.20. The molecule has 1 aliphatic rings. The van der Waals surface area contributed by atoms with Crippen molar-refractivity contribution in [1.82, 2.24) is 5.32 Å². The van der Waals surface area contributed by atoms with Gasteiger partial charge in [0.05, 0.1) is 6.42 Å². The Morgan fingerprint density at radius 2 is 2.10 bits per heavy atom. The molecule has 4 heteroatoms. The summed E-state index contributed by atoms with van der Waals surface area (Å²) in [4.78, 5) is 11.8. The predicted octanol–water partition coefficient (Wildman–Crippen LogP) is 4.17. The summed E-state index contributed by atoms with van der Waals surface area (Å²) >= 11 is 5.45. The van der Waals surface area contributed by atoms with Crippen LogP contribution in [0.1, 0.15) is 37.7 Å². The van der Waals surface area contributed by atoms with E-state index in [0.717, 1.165) is 27.6 Å². The van der Waals surface area contributed by atoms with Crippen LogP contribution in [0.5, 0.6) is 0 Å². The third kappa shape index (κ3) is 5.88. The third-order valence-electron chi connectivity index (χ3n) is 3.58. The number of halogens is 1. The van der Waals surface area contributed by atoms with Gasteiger partial charge in [-0.3, -0.25) is 4.79 Å². The first-order valence-electron chi connectivity index (χ1n) is 7.37. The Morgan fingerprint density at radius 1 is 1.30 bits per heavy atom. The first kappa shape index (κ1) is 15.9. The van der Waals surface area contributed by atoms with E-state index in [2.05, 4.69) is 21.2 Å². The van der Waals surface area contributed by atoms with E-state index < -0.39 is 0 Å². The minimum absolute atomic E-state index is 0.118. The molecule has 1 aromatic carbocycles. The van der Waals surface area contributed by atoms with Gasteiger partial charge in [0.1, 0.15) is 0 Å². The summed E-state index contributed by atoms with van der Waals surface area (Å²) in [7, 11) is 0. The Hall–Kier alpha value is -0.480. The van der Waals surface area contributed by atoms with Crippen molar-refractivity contribution in [2.24, 2.45) is 0 Å². The maximum atomic E-state index is 11.8. The number of nitrogens with one attached hydrogen (secondary N) is 1. The summed E-state index contributed by atoms with van der Waals surface area (Å²) in [6, 6.07) is 7.92. The number of amides is 1. The number of carbonyl (C=O) groups excluding carboxylic acids is 1. The van der Waals surface area contributed by atoms with E-state index in [1.165, 1.54) is 32.1 Å². The minimum Gasteiger partial charge on any atom is -0.355 e. The van der Waals surface area contributed by atoms with Crippen LogP contribution in [0.2, 0.25) is 0 Å². The van der Waals surface area contributed by atoms with E-state index in [-0.39, 0.29) is 5.91 Å². The monoisotopic (exact) mass is 355 g/mol. The lowest BCUT2D eigenvalue weighted by molar-refractivity contribution is -0.120. The average molecular weight is 356 g/mol. The lowest BCUT2D eigenvalue weighted by atomic mass is 10.0. The van der Waals surface area contributed by atoms with Crippen LogP contribution in [0.25, 0.3) is 0 Å². The van der Waals surface area contributed by atoms with Gasteiger partial charge in [0.15, 0.2) is 0 Å². The van der Waals surface area contributed by atoms with E-state index in [9.17, 15) is 4.79 Å². The summed E-state index contributed by atoms with van der Waals surface area (Å²) in [6.07, 6.45) is 7.35. The van der Waals surface area contributed by atoms with Crippen molar-refractivity contribution < 1.29 is 4.79 Å². The standard InChI is InChI=1S/C16H22BrNOS/c17-14-6-4-5-13(11-14)12-16(19)18-9-10-20-15-7-2-1-3-8-15/h4-6,11,15H,1-3,7-10,12H2,(H,18,19). The van der Waals surface area contributed by atoms with Crippen molar-refractivity contribution in [3.8, 4) is 0 Å². The molecule has 0 radical (unpaired) electrons. The van der Waals surface area contributed by atoms with Gasteiger partial charge in [0.2, 0.25) is 5.91 Å².